The van der Waals surface area contributed by atoms with Crippen LogP contribution in [-0.4, -0.2) is 11.7 Å². The lowest BCUT2D eigenvalue weighted by atomic mass is 9.88. The first-order valence-electron chi connectivity index (χ1n) is 7.12. The average Bonchev–Trinajstić information content (AvgIpc) is 2.87. The molecule has 0 heterocycles. The van der Waals surface area contributed by atoms with E-state index in [0.29, 0.717) is 6.61 Å². The molecular weight excluding hydrogens is 236 g/mol. The fourth-order valence-corrected chi connectivity index (χ4v) is 3.19. The van der Waals surface area contributed by atoms with Crippen molar-refractivity contribution in [3.8, 4) is 5.75 Å². The van der Waals surface area contributed by atoms with Gasteiger partial charge in [0.15, 0.2) is 0 Å². The van der Waals surface area contributed by atoms with E-state index in [0.717, 1.165) is 47.8 Å². The predicted molar refractivity (Wildman–Crippen MR) is 77.5 cm³/mol. The lowest BCUT2D eigenvalue weighted by Gasteiger charge is -2.25. The van der Waals surface area contributed by atoms with Gasteiger partial charge in [-0.3, -0.25) is 0 Å². The molecule has 1 aliphatic rings. The fraction of sp³-hybridized carbons (Fsp3) is 0.412. The van der Waals surface area contributed by atoms with E-state index < -0.39 is 5.60 Å². The number of benzene rings is 2. The normalized spacial score (nSPS) is 17.8. The third-order valence-corrected chi connectivity index (χ3v) is 4.12. The highest BCUT2D eigenvalue weighted by molar-refractivity contribution is 5.91. The molecule has 2 heteroatoms. The van der Waals surface area contributed by atoms with Crippen molar-refractivity contribution in [1.82, 2.24) is 0 Å². The summed E-state index contributed by atoms with van der Waals surface area (Å²) in [5, 5.41) is 13.1. The van der Waals surface area contributed by atoms with Crippen molar-refractivity contribution in [1.29, 1.82) is 0 Å². The number of rotatable bonds is 3. The lowest BCUT2D eigenvalue weighted by Crippen LogP contribution is -2.21. The van der Waals surface area contributed by atoms with Gasteiger partial charge >= 0.3 is 0 Å². The molecule has 0 bridgehead atoms. The minimum Gasteiger partial charge on any atom is -0.493 e. The largest absolute Gasteiger partial charge is 0.493 e. The summed E-state index contributed by atoms with van der Waals surface area (Å²) in [7, 11) is 0. The van der Waals surface area contributed by atoms with Crippen molar-refractivity contribution in [2.24, 2.45) is 0 Å². The van der Waals surface area contributed by atoms with E-state index in [1.54, 1.807) is 0 Å². The van der Waals surface area contributed by atoms with Crippen LogP contribution in [0.1, 0.15) is 38.2 Å². The van der Waals surface area contributed by atoms with E-state index in [9.17, 15) is 5.11 Å². The Labute approximate surface area is 114 Å². The topological polar surface area (TPSA) is 29.5 Å². The summed E-state index contributed by atoms with van der Waals surface area (Å²) in [4.78, 5) is 0. The van der Waals surface area contributed by atoms with Gasteiger partial charge in [0.25, 0.3) is 0 Å². The maximum Gasteiger partial charge on any atom is 0.127 e. The molecule has 0 saturated heterocycles. The monoisotopic (exact) mass is 256 g/mol. The molecule has 1 aliphatic carbocycles. The zero-order valence-corrected chi connectivity index (χ0v) is 11.4. The predicted octanol–water partition coefficient (Wildman–Crippen LogP) is 4.00. The van der Waals surface area contributed by atoms with Crippen LogP contribution in [0, 0.1) is 0 Å². The Bertz CT molecular complexity index is 583. The highest BCUT2D eigenvalue weighted by Gasteiger charge is 2.34. The Morgan fingerprint density at radius 1 is 1.05 bits per heavy atom. The molecule has 0 aromatic heterocycles. The fourth-order valence-electron chi connectivity index (χ4n) is 3.19. The van der Waals surface area contributed by atoms with Crippen LogP contribution in [0.5, 0.6) is 5.75 Å². The molecule has 0 atom stereocenters. The van der Waals surface area contributed by atoms with Crippen molar-refractivity contribution in [3.05, 3.63) is 42.0 Å². The van der Waals surface area contributed by atoms with Crippen molar-refractivity contribution < 1.29 is 9.84 Å². The summed E-state index contributed by atoms with van der Waals surface area (Å²) >= 11 is 0. The van der Waals surface area contributed by atoms with Gasteiger partial charge < -0.3 is 9.84 Å². The Hall–Kier alpha value is -1.54. The van der Waals surface area contributed by atoms with Gasteiger partial charge in [0.1, 0.15) is 5.75 Å². The third kappa shape index (κ3) is 2.10. The van der Waals surface area contributed by atoms with E-state index in [2.05, 4.69) is 12.1 Å². The molecule has 3 rings (SSSR count). The summed E-state index contributed by atoms with van der Waals surface area (Å²) < 4.78 is 5.69. The van der Waals surface area contributed by atoms with Gasteiger partial charge in [0.05, 0.1) is 12.2 Å². The molecule has 0 radical (unpaired) electrons. The molecule has 2 aromatic rings. The van der Waals surface area contributed by atoms with Gasteiger partial charge in [0.2, 0.25) is 0 Å². The second kappa shape index (κ2) is 4.86. The second-order valence-electron chi connectivity index (χ2n) is 5.33. The van der Waals surface area contributed by atoms with Crippen LogP contribution in [0.2, 0.25) is 0 Å². The minimum absolute atomic E-state index is 0.648. The molecule has 1 fully saturated rings. The third-order valence-electron chi connectivity index (χ3n) is 4.12. The van der Waals surface area contributed by atoms with Crippen LogP contribution in [0.3, 0.4) is 0 Å². The molecule has 2 aromatic carbocycles. The quantitative estimate of drug-likeness (QED) is 0.899. The molecule has 1 N–H and O–H groups in total. The van der Waals surface area contributed by atoms with E-state index in [-0.39, 0.29) is 0 Å². The number of aliphatic hydroxyl groups is 1. The van der Waals surface area contributed by atoms with Gasteiger partial charge in [-0.2, -0.15) is 0 Å². The van der Waals surface area contributed by atoms with Gasteiger partial charge in [0, 0.05) is 5.39 Å². The smallest absolute Gasteiger partial charge is 0.127 e. The number of ether oxygens (including phenoxy) is 1. The van der Waals surface area contributed by atoms with Crippen LogP contribution in [-0.2, 0) is 5.60 Å². The summed E-state index contributed by atoms with van der Waals surface area (Å²) in [5.41, 5.74) is 0.411. The van der Waals surface area contributed by atoms with Crippen LogP contribution >= 0.6 is 0 Å². The summed E-state index contributed by atoms with van der Waals surface area (Å²) in [5.74, 6) is 0.906. The lowest BCUT2D eigenvalue weighted by molar-refractivity contribution is 0.0460. The van der Waals surface area contributed by atoms with Crippen LogP contribution in [0.15, 0.2) is 36.4 Å². The van der Waals surface area contributed by atoms with Crippen molar-refractivity contribution in [2.75, 3.05) is 6.61 Å². The highest BCUT2D eigenvalue weighted by Crippen LogP contribution is 2.43. The molecule has 0 amide bonds. The van der Waals surface area contributed by atoms with E-state index >= 15 is 0 Å². The molecular formula is C17H20O2. The Morgan fingerprint density at radius 3 is 2.42 bits per heavy atom. The van der Waals surface area contributed by atoms with Gasteiger partial charge in [-0.25, -0.2) is 0 Å². The number of fused-ring (bicyclic) bond motifs is 1. The summed E-state index contributed by atoms with van der Waals surface area (Å²) in [6.45, 7) is 2.65. The maximum absolute atomic E-state index is 10.8. The van der Waals surface area contributed by atoms with E-state index in [4.69, 9.17) is 4.74 Å². The molecule has 0 unspecified atom stereocenters. The maximum atomic E-state index is 10.8. The number of hydrogen-bond donors (Lipinski definition) is 1. The van der Waals surface area contributed by atoms with Crippen molar-refractivity contribution >= 4 is 10.8 Å². The van der Waals surface area contributed by atoms with Crippen LogP contribution in [0.4, 0.5) is 0 Å². The second-order valence-corrected chi connectivity index (χ2v) is 5.33. The molecule has 100 valence electrons. The highest BCUT2D eigenvalue weighted by atomic mass is 16.5. The molecule has 2 nitrogen and oxygen atoms in total. The molecule has 0 aliphatic heterocycles. The Kier molecular flexibility index (Phi) is 3.19. The van der Waals surface area contributed by atoms with Gasteiger partial charge in [-0.1, -0.05) is 43.2 Å². The number of hydrogen-bond acceptors (Lipinski definition) is 2. The SMILES string of the molecule is CCOc1ccc(C2(O)CCCC2)c2ccccc12. The minimum atomic E-state index is -0.648. The van der Waals surface area contributed by atoms with E-state index in [1.165, 1.54) is 0 Å². The molecule has 1 saturated carbocycles. The standard InChI is InChI=1S/C17H20O2/c1-2-19-16-10-9-15(17(18)11-5-6-12-17)13-7-3-4-8-14(13)16/h3-4,7-10,18H,2,5-6,11-12H2,1H3. The van der Waals surface area contributed by atoms with E-state index in [1.807, 2.05) is 31.2 Å². The van der Waals surface area contributed by atoms with Gasteiger partial charge in [-0.15, -0.1) is 0 Å². The summed E-state index contributed by atoms with van der Waals surface area (Å²) in [6.07, 6.45) is 3.95. The zero-order chi connectivity index (χ0) is 13.3. The first-order valence-corrected chi connectivity index (χ1v) is 7.12. The van der Waals surface area contributed by atoms with Crippen molar-refractivity contribution in [3.63, 3.8) is 0 Å². The van der Waals surface area contributed by atoms with Crippen molar-refractivity contribution in [2.45, 2.75) is 38.2 Å². The Balaban J connectivity index is 2.19. The molecule has 0 spiro atoms. The first-order chi connectivity index (χ1) is 9.24. The van der Waals surface area contributed by atoms with Crippen LogP contribution < -0.4 is 4.74 Å². The molecule has 19 heavy (non-hydrogen) atoms. The first kappa shape index (κ1) is 12.5. The Morgan fingerprint density at radius 2 is 1.74 bits per heavy atom. The summed E-state index contributed by atoms with van der Waals surface area (Å²) in [6, 6.07) is 12.2. The van der Waals surface area contributed by atoms with Gasteiger partial charge in [-0.05, 0) is 36.8 Å². The van der Waals surface area contributed by atoms with Crippen LogP contribution in [0.25, 0.3) is 10.8 Å². The zero-order valence-electron chi connectivity index (χ0n) is 11.4. The average molecular weight is 256 g/mol.